The Balaban J connectivity index is -0.00000158. The van der Waals surface area contributed by atoms with Gasteiger partial charge in [0.2, 0.25) is 11.1 Å². The van der Waals surface area contributed by atoms with Crippen molar-refractivity contribution in [1.82, 2.24) is 30.9 Å². The first-order chi connectivity index (χ1) is 61.6. The lowest BCUT2D eigenvalue weighted by Crippen LogP contribution is -2.64. The van der Waals surface area contributed by atoms with E-state index in [4.69, 9.17) is 71.5 Å². The number of nitrogens with zero attached hydrogens (tertiary/aromatic N) is 2. The van der Waals surface area contributed by atoms with Crippen LogP contribution in [0.1, 0.15) is 220 Å². The van der Waals surface area contributed by atoms with Gasteiger partial charge in [-0.1, -0.05) is 65.7 Å². The van der Waals surface area contributed by atoms with Crippen molar-refractivity contribution in [3.05, 3.63) is 88.5 Å². The fraction of sp³-hybridized carbons (Fsp3) is 0.741. The second-order valence-corrected chi connectivity index (χ2v) is 41.7. The van der Waals surface area contributed by atoms with E-state index < -0.39 is 195 Å². The molecular formula is C81H136B2F10N8O33Si. The average molecular weight is 1990 g/mol. The standard InChI is InChI=1S/C19H28B2F2N2O10.C17H22F2N2O8.C13H23F2NO4.C12H21F2NO4.C10H18O5.C6H12F2N2O2.C4H12Si/c1-11-13(34-17(27)32-11)9-24(20(3)29)8-6-7-19(15(22)23,16(26)31-5)25(21(4)30)10-14-12(2)33-18(28)35-14;1-9-11(28-15(23)26-9)7-20-6-4-5-17(13(18)19,14(22)25-3)21-8-12-10(2)27-16(24)29-12;1-6-7-8-13(9(14)15,10(17)19-5)16-11(18)20-12(2,3)4;1-5-6-7-12(8(13)14,9(16)17)15-10(18)19-11(2,3)4;1-9(2,3)14-7(11)13-8(12)15-10(4,5)6;7-4(8)6(10,5(11)12)2-1-3-9;1-5(2,3)4/h15,29-30H,6-10H2,1-5H3;13,20-21H,4-8H2,1-3H3;9H,6-8H2,1-5H3,(H,16,18);8H,5-7H2,1-4H3,(H,15,18)(H,16,17);1-6H3;4H,1-3,9-10H2,(H,11,12);1-4H3. The third-order valence-electron chi connectivity index (χ3n) is 17.6. The molecule has 0 fully saturated rings. The maximum absolute atomic E-state index is 14.6. The lowest BCUT2D eigenvalue weighted by atomic mass is 9.75. The lowest BCUT2D eigenvalue weighted by molar-refractivity contribution is -0.165. The van der Waals surface area contributed by atoms with E-state index in [1.165, 1.54) is 39.2 Å². The van der Waals surface area contributed by atoms with Crippen molar-refractivity contribution in [1.29, 1.82) is 0 Å². The average Bonchev–Trinajstić information content (AvgIpc) is 1.65. The Labute approximate surface area is 776 Å². The SMILES string of the molecule is CC(C)(C)OC(=O)OC(=O)OC(C)(C)C.CCCCC(NC(=O)OC(C)(C)C)(C(=O)O)C(F)F.CCCCC(NC(=O)OC(C)(C)C)(C(=O)OC)C(F)F.COC(=O)C(CCCN(Cc1oc(=O)oc1C)B(C)O)(C(F)F)N(Cc1oc(=O)oc1C)B(C)O.COC(=O)C(CCCNCc1oc(=O)oc1C)(NCc1oc(=O)oc1C)C(F)F.C[Si](C)(C)C.NCCCC(N)(C(=O)O)C(F)F. The number of carbonyl (C=O) groups excluding carboxylic acids is 7. The number of carbonyl (C=O) groups is 9. The molecule has 4 aromatic heterocycles. The third-order valence-corrected chi connectivity index (χ3v) is 17.6. The van der Waals surface area contributed by atoms with Crippen LogP contribution in [0.4, 0.5) is 63.1 Å². The van der Waals surface area contributed by atoms with Crippen molar-refractivity contribution in [2.45, 2.75) is 350 Å². The first kappa shape index (κ1) is 129. The number of amides is 2. The van der Waals surface area contributed by atoms with Gasteiger partial charge in [-0.25, -0.2) is 106 Å². The summed E-state index contributed by atoms with van der Waals surface area (Å²) in [7, 11) is -0.314. The monoisotopic (exact) mass is 1990 g/mol. The first-order valence-corrected chi connectivity index (χ1v) is 46.1. The van der Waals surface area contributed by atoms with E-state index in [0.717, 1.165) is 26.1 Å². The van der Waals surface area contributed by atoms with Gasteiger partial charge in [-0.15, -0.1) is 0 Å². The molecule has 0 aromatic carbocycles. The van der Waals surface area contributed by atoms with E-state index in [1.807, 2.05) is 10.6 Å². The molecule has 0 aliphatic carbocycles. The number of carboxylic acid groups (broad SMARTS) is 2. The summed E-state index contributed by atoms with van der Waals surface area (Å²) in [6.45, 7) is 40.4. The molecule has 54 heteroatoms. The molecule has 12 N–H and O–H groups in total. The number of ether oxygens (including phenoxy) is 8. The summed E-state index contributed by atoms with van der Waals surface area (Å²) in [6.07, 6.45) is -19.8. The zero-order chi connectivity index (χ0) is 106. The fourth-order valence-electron chi connectivity index (χ4n) is 10.8. The van der Waals surface area contributed by atoms with E-state index in [1.54, 1.807) is 104 Å². The van der Waals surface area contributed by atoms with E-state index in [-0.39, 0.29) is 125 Å². The molecule has 4 aromatic rings. The lowest BCUT2D eigenvalue weighted by Gasteiger charge is -2.41. The highest BCUT2D eigenvalue weighted by Gasteiger charge is 2.56. The summed E-state index contributed by atoms with van der Waals surface area (Å²) in [6, 6.07) is 0. The van der Waals surface area contributed by atoms with Crippen LogP contribution in [-0.2, 0) is 88.0 Å². The van der Waals surface area contributed by atoms with Crippen LogP contribution in [0.3, 0.4) is 0 Å². The summed E-state index contributed by atoms with van der Waals surface area (Å²) in [4.78, 5) is 150. The molecular weight excluding hydrogens is 1850 g/mol. The summed E-state index contributed by atoms with van der Waals surface area (Å²) in [5.74, 6) is -9.88. The minimum atomic E-state index is -3.32. The highest BCUT2D eigenvalue weighted by Crippen LogP contribution is 2.35. The van der Waals surface area contributed by atoms with Gasteiger partial charge in [0, 0.05) is 8.07 Å². The number of rotatable bonds is 41. The number of unbranched alkanes of at least 4 members (excludes halogenated alkanes) is 2. The molecule has 0 spiro atoms. The molecule has 778 valence electrons. The van der Waals surface area contributed by atoms with Gasteiger partial charge >= 0.3 is 91.7 Å². The van der Waals surface area contributed by atoms with Gasteiger partial charge in [-0.2, -0.15) is 0 Å². The Morgan fingerprint density at radius 1 is 0.444 bits per heavy atom. The van der Waals surface area contributed by atoms with E-state index in [0.29, 0.717) is 30.8 Å². The predicted octanol–water partition coefficient (Wildman–Crippen LogP) is 12.4. The van der Waals surface area contributed by atoms with E-state index in [2.05, 4.69) is 60.2 Å². The second kappa shape index (κ2) is 58.5. The molecule has 0 aliphatic heterocycles. The molecule has 0 aliphatic rings. The molecule has 4 rings (SSSR count). The van der Waals surface area contributed by atoms with Crippen molar-refractivity contribution in [2.75, 3.05) is 41.0 Å². The molecule has 0 saturated heterocycles. The second-order valence-electron chi connectivity index (χ2n) is 35.7. The van der Waals surface area contributed by atoms with Gasteiger partial charge < -0.3 is 126 Å². The smallest absolute Gasteiger partial charge is 0.480 e. The highest BCUT2D eigenvalue weighted by atomic mass is 28.3. The zero-order valence-corrected chi connectivity index (χ0v) is 82.4. The summed E-state index contributed by atoms with van der Waals surface area (Å²) < 4.78 is 210. The fourth-order valence-corrected chi connectivity index (χ4v) is 10.8. The number of carboxylic acids is 2. The van der Waals surface area contributed by atoms with Crippen molar-refractivity contribution >= 4 is 76.5 Å². The van der Waals surface area contributed by atoms with Crippen LogP contribution < -0.4 is 56.0 Å². The zero-order valence-electron chi connectivity index (χ0n) is 81.4. The number of methoxy groups -OCH3 is 3. The number of halogens is 10. The van der Waals surface area contributed by atoms with Crippen LogP contribution in [0.15, 0.2) is 54.5 Å². The van der Waals surface area contributed by atoms with Gasteiger partial charge in [0.25, 0.3) is 32.1 Å². The third kappa shape index (κ3) is 47.6. The van der Waals surface area contributed by atoms with Crippen molar-refractivity contribution in [2.24, 2.45) is 11.5 Å². The number of alkyl halides is 10. The largest absolute Gasteiger partial charge is 0.519 e. The normalized spacial score (nSPS) is 13.9. The topological polar surface area (TPSA) is 588 Å². The number of alkyl carbamates (subject to hydrolysis) is 2. The van der Waals surface area contributed by atoms with Crippen LogP contribution in [-0.4, -0.2) is 230 Å². The minimum Gasteiger partial charge on any atom is -0.480 e. The van der Waals surface area contributed by atoms with Crippen molar-refractivity contribution < 1.29 is 181 Å². The number of esters is 3. The number of nitrogens with two attached hydrogens (primary N) is 2. The molecule has 0 bridgehead atoms. The Kier molecular flexibility index (Phi) is 56.0. The Morgan fingerprint density at radius 3 is 1.10 bits per heavy atom. The van der Waals surface area contributed by atoms with Crippen LogP contribution >= 0.6 is 0 Å². The highest BCUT2D eigenvalue weighted by molar-refractivity contribution is 6.74. The van der Waals surface area contributed by atoms with Crippen molar-refractivity contribution in [3.8, 4) is 0 Å². The van der Waals surface area contributed by atoms with E-state index >= 15 is 0 Å². The van der Waals surface area contributed by atoms with Gasteiger partial charge in [-0.05, 0) is 195 Å². The molecule has 5 atom stereocenters. The maximum atomic E-state index is 14.6. The van der Waals surface area contributed by atoms with Crippen LogP contribution in [0.5, 0.6) is 0 Å². The van der Waals surface area contributed by atoms with Crippen molar-refractivity contribution in [3.63, 3.8) is 0 Å². The Bertz CT molecular complexity index is 4480. The Morgan fingerprint density at radius 2 is 0.793 bits per heavy atom. The van der Waals surface area contributed by atoms with Gasteiger partial charge in [0.05, 0.1) is 47.5 Å². The maximum Gasteiger partial charge on any atom is 0.519 e. The molecule has 0 saturated carbocycles. The predicted molar refractivity (Wildman–Crippen MR) is 467 cm³/mol. The van der Waals surface area contributed by atoms with E-state index in [9.17, 15) is 116 Å². The molecule has 4 heterocycles. The number of nitrogens with one attached hydrogen (secondary N) is 4. The number of aryl methyl sites for hydroxylation is 4. The molecule has 41 nitrogen and oxygen atoms in total. The van der Waals surface area contributed by atoms with Gasteiger partial charge in [-0.3, -0.25) is 10.1 Å². The Hall–Kier alpha value is -10.0. The van der Waals surface area contributed by atoms with Gasteiger partial charge in [0.15, 0.2) is 39.7 Å². The molecule has 0 radical (unpaired) electrons. The van der Waals surface area contributed by atoms with Crippen LogP contribution in [0.2, 0.25) is 39.8 Å². The summed E-state index contributed by atoms with van der Waals surface area (Å²) in [5, 5.41) is 47.1. The van der Waals surface area contributed by atoms with Crippen LogP contribution in [0, 0.1) is 27.7 Å². The molecule has 135 heavy (non-hydrogen) atoms. The summed E-state index contributed by atoms with van der Waals surface area (Å²) in [5.41, 5.74) is -5.47. The number of hydrogen-bond acceptors (Lipinski definition) is 37. The number of aliphatic carboxylic acids is 2. The first-order valence-electron chi connectivity index (χ1n) is 42.1. The molecule has 5 unspecified atom stereocenters. The van der Waals surface area contributed by atoms with Crippen LogP contribution in [0.25, 0.3) is 0 Å². The quantitative estimate of drug-likeness (QED) is 0.00493. The molecule has 2 amide bonds. The number of hydrogen-bond donors (Lipinski definition) is 10. The minimum absolute atomic E-state index is 0.00550. The van der Waals surface area contributed by atoms with Gasteiger partial charge in [0.1, 0.15) is 45.4 Å². The summed E-state index contributed by atoms with van der Waals surface area (Å²) >= 11 is 0.